The van der Waals surface area contributed by atoms with Crippen LogP contribution < -0.4 is 15.6 Å². The molecular weight excluding hydrogens is 392 g/mol. The smallest absolute Gasteiger partial charge is 0.334 e. The number of hydrogen-bond donors (Lipinski definition) is 1. The molecule has 3 aliphatic heterocycles. The number of nitrogens with one attached hydrogen (secondary N) is 1. The topological polar surface area (TPSA) is 124 Å². The maximum absolute atomic E-state index is 13.1. The van der Waals surface area contributed by atoms with E-state index in [-0.39, 0.29) is 30.3 Å². The Labute approximate surface area is 170 Å². The highest BCUT2D eigenvalue weighted by atomic mass is 16.6. The van der Waals surface area contributed by atoms with Gasteiger partial charge in [-0.05, 0) is 36.6 Å². The summed E-state index contributed by atoms with van der Waals surface area (Å²) in [6, 6.07) is 7.83. The average Bonchev–Trinajstić information content (AvgIpc) is 2.73. The van der Waals surface area contributed by atoms with E-state index in [0.717, 1.165) is 12.1 Å². The Morgan fingerprint density at radius 2 is 2.00 bits per heavy atom. The number of piperidine rings is 1. The lowest BCUT2D eigenvalue weighted by atomic mass is 9.83. The summed E-state index contributed by atoms with van der Waals surface area (Å²) in [6.45, 7) is 1.19. The van der Waals surface area contributed by atoms with Gasteiger partial charge in [-0.2, -0.15) is 0 Å². The fraction of sp³-hybridized carbons (Fsp3) is 0.350. The van der Waals surface area contributed by atoms with E-state index in [2.05, 4.69) is 5.32 Å². The summed E-state index contributed by atoms with van der Waals surface area (Å²) in [7, 11) is 0. The van der Waals surface area contributed by atoms with Gasteiger partial charge in [0.2, 0.25) is 0 Å². The zero-order valence-electron chi connectivity index (χ0n) is 15.9. The second-order valence-corrected chi connectivity index (χ2v) is 7.87. The maximum Gasteiger partial charge on any atom is 0.334 e. The number of nitrogens with zero attached hydrogens (tertiary/aromatic N) is 3. The van der Waals surface area contributed by atoms with E-state index in [1.165, 1.54) is 10.6 Å². The van der Waals surface area contributed by atoms with Gasteiger partial charge in [0.25, 0.3) is 11.8 Å². The predicted molar refractivity (Wildman–Crippen MR) is 105 cm³/mol. The molecule has 30 heavy (non-hydrogen) atoms. The molecule has 2 atom stereocenters. The van der Waals surface area contributed by atoms with Crippen LogP contribution in [0.25, 0.3) is 0 Å². The molecule has 4 heterocycles. The van der Waals surface area contributed by atoms with Crippen LogP contribution >= 0.6 is 0 Å². The van der Waals surface area contributed by atoms with E-state index in [9.17, 15) is 24.5 Å². The minimum absolute atomic E-state index is 0.0422. The lowest BCUT2D eigenvalue weighted by Crippen LogP contribution is -2.49. The molecule has 10 nitrogen and oxygen atoms in total. The standard InChI is InChI=1S/C20H18N4O6/c25-18-10-30-17-4-1-12(6-14(17)21-18)19(26)22-7-11-5-13(9-22)15-2-3-16(24(28)29)20(27)23(15)8-11/h1-4,6,11,13H,5,7-10H2,(H,21,25). The number of hydrogen-bond acceptors (Lipinski definition) is 6. The normalized spacial score (nSPS) is 21.7. The lowest BCUT2D eigenvalue weighted by Gasteiger charge is -2.42. The molecule has 1 aromatic carbocycles. The number of rotatable bonds is 2. The molecule has 5 rings (SSSR count). The highest BCUT2D eigenvalue weighted by Crippen LogP contribution is 2.36. The van der Waals surface area contributed by atoms with Crippen molar-refractivity contribution in [2.75, 3.05) is 25.0 Å². The minimum Gasteiger partial charge on any atom is -0.482 e. The predicted octanol–water partition coefficient (Wildman–Crippen LogP) is 1.35. The number of carbonyl (C=O) groups excluding carboxylic acids is 2. The molecular formula is C20H18N4O6. The third-order valence-corrected chi connectivity index (χ3v) is 5.93. The Morgan fingerprint density at radius 3 is 2.80 bits per heavy atom. The molecule has 154 valence electrons. The zero-order valence-corrected chi connectivity index (χ0v) is 15.9. The first-order valence-corrected chi connectivity index (χ1v) is 9.65. The van der Waals surface area contributed by atoms with E-state index in [0.29, 0.717) is 36.6 Å². The summed E-state index contributed by atoms with van der Waals surface area (Å²) in [5, 5.41) is 13.8. The first-order chi connectivity index (χ1) is 14.4. The van der Waals surface area contributed by atoms with Crippen LogP contribution in [0.4, 0.5) is 11.4 Å². The first-order valence-electron chi connectivity index (χ1n) is 9.65. The largest absolute Gasteiger partial charge is 0.482 e. The second kappa shape index (κ2) is 6.68. The fourth-order valence-electron chi connectivity index (χ4n) is 4.64. The Hall–Kier alpha value is -3.69. The number of fused-ring (bicyclic) bond motifs is 5. The van der Waals surface area contributed by atoms with Crippen molar-refractivity contribution >= 4 is 23.2 Å². The SMILES string of the molecule is O=C1COc2ccc(C(=O)N3CC4CC(C3)c3ccc([N+](=O)[O-])c(=O)n3C4)cc2N1. The summed E-state index contributed by atoms with van der Waals surface area (Å²) in [5.74, 6) is 0.0773. The fourth-order valence-corrected chi connectivity index (χ4v) is 4.64. The van der Waals surface area contributed by atoms with Crippen molar-refractivity contribution in [3.63, 3.8) is 0 Å². The third-order valence-electron chi connectivity index (χ3n) is 5.93. The molecule has 10 heteroatoms. The van der Waals surface area contributed by atoms with Gasteiger partial charge in [-0.3, -0.25) is 24.5 Å². The third kappa shape index (κ3) is 2.92. The molecule has 1 fully saturated rings. The Morgan fingerprint density at radius 1 is 1.17 bits per heavy atom. The van der Waals surface area contributed by atoms with Crippen LogP contribution in [0, 0.1) is 16.0 Å². The molecule has 2 bridgehead atoms. The number of aromatic nitrogens is 1. The first kappa shape index (κ1) is 18.3. The molecule has 1 N–H and O–H groups in total. The van der Waals surface area contributed by atoms with Crippen LogP contribution in [0.5, 0.6) is 5.75 Å². The van der Waals surface area contributed by atoms with Gasteiger partial charge in [-0.15, -0.1) is 0 Å². The van der Waals surface area contributed by atoms with Crippen LogP contribution in [0.15, 0.2) is 35.1 Å². The monoisotopic (exact) mass is 410 g/mol. The van der Waals surface area contributed by atoms with E-state index < -0.39 is 16.2 Å². The van der Waals surface area contributed by atoms with Crippen molar-refractivity contribution in [2.24, 2.45) is 5.92 Å². The second-order valence-electron chi connectivity index (χ2n) is 7.87. The number of likely N-dealkylation sites (tertiary alicyclic amines) is 1. The van der Waals surface area contributed by atoms with E-state index in [1.807, 2.05) is 0 Å². The van der Waals surface area contributed by atoms with Gasteiger partial charge in [0, 0.05) is 42.9 Å². The summed E-state index contributed by atoms with van der Waals surface area (Å²) in [5.41, 5.74) is 0.631. The van der Waals surface area contributed by atoms with Crippen molar-refractivity contribution in [1.82, 2.24) is 9.47 Å². The number of ether oxygens (including phenoxy) is 1. The zero-order chi connectivity index (χ0) is 21.0. The number of pyridine rings is 1. The van der Waals surface area contributed by atoms with Crippen LogP contribution in [0.3, 0.4) is 0 Å². The molecule has 2 amide bonds. The lowest BCUT2D eigenvalue weighted by molar-refractivity contribution is -0.386. The molecule has 0 aliphatic carbocycles. The number of nitro groups is 1. The van der Waals surface area contributed by atoms with Crippen LogP contribution in [-0.2, 0) is 11.3 Å². The Kier molecular flexibility index (Phi) is 4.09. The highest BCUT2D eigenvalue weighted by Gasteiger charge is 2.38. The van der Waals surface area contributed by atoms with Gasteiger partial charge in [0.1, 0.15) is 5.75 Å². The number of benzene rings is 1. The summed E-state index contributed by atoms with van der Waals surface area (Å²) < 4.78 is 6.83. The quantitative estimate of drug-likeness (QED) is 0.589. The molecule has 0 radical (unpaired) electrons. The van der Waals surface area contributed by atoms with E-state index in [4.69, 9.17) is 4.74 Å². The molecule has 0 spiro atoms. The van der Waals surface area contributed by atoms with Gasteiger partial charge in [0.15, 0.2) is 6.61 Å². The summed E-state index contributed by atoms with van der Waals surface area (Å²) in [4.78, 5) is 49.3. The molecule has 0 saturated carbocycles. The Bertz CT molecular complexity index is 1160. The van der Waals surface area contributed by atoms with Gasteiger partial charge >= 0.3 is 11.2 Å². The molecule has 1 saturated heterocycles. The maximum atomic E-state index is 13.1. The van der Waals surface area contributed by atoms with Gasteiger partial charge in [-0.25, -0.2) is 0 Å². The molecule has 2 aromatic rings. The molecule has 3 aliphatic rings. The van der Waals surface area contributed by atoms with E-state index in [1.54, 1.807) is 29.2 Å². The van der Waals surface area contributed by atoms with Crippen molar-refractivity contribution in [2.45, 2.75) is 18.9 Å². The van der Waals surface area contributed by atoms with Crippen LogP contribution in [-0.4, -0.2) is 45.9 Å². The van der Waals surface area contributed by atoms with Gasteiger partial charge in [0.05, 0.1) is 10.6 Å². The average molecular weight is 410 g/mol. The van der Waals surface area contributed by atoms with Gasteiger partial charge in [-0.1, -0.05) is 0 Å². The number of anilines is 1. The minimum atomic E-state index is -0.658. The van der Waals surface area contributed by atoms with Crippen molar-refractivity contribution in [3.8, 4) is 5.75 Å². The summed E-state index contributed by atoms with van der Waals surface area (Å²) >= 11 is 0. The van der Waals surface area contributed by atoms with Crippen molar-refractivity contribution in [3.05, 3.63) is 62.1 Å². The van der Waals surface area contributed by atoms with E-state index >= 15 is 0 Å². The van der Waals surface area contributed by atoms with Gasteiger partial charge < -0.3 is 19.5 Å². The Balaban J connectivity index is 1.42. The summed E-state index contributed by atoms with van der Waals surface area (Å²) in [6.07, 6.45) is 0.828. The molecule has 1 aromatic heterocycles. The van der Waals surface area contributed by atoms with Crippen molar-refractivity contribution < 1.29 is 19.2 Å². The number of amides is 2. The van der Waals surface area contributed by atoms with Crippen LogP contribution in [0.1, 0.15) is 28.4 Å². The number of carbonyl (C=O) groups is 2. The highest BCUT2D eigenvalue weighted by molar-refractivity contribution is 6.00. The molecule has 2 unspecified atom stereocenters. The van der Waals surface area contributed by atoms with Crippen LogP contribution in [0.2, 0.25) is 0 Å². The van der Waals surface area contributed by atoms with Crippen molar-refractivity contribution in [1.29, 1.82) is 0 Å².